The second-order valence-electron chi connectivity index (χ2n) is 6.19. The van der Waals surface area contributed by atoms with E-state index in [1.54, 1.807) is 12.1 Å². The largest absolute Gasteiger partial charge is 0.326 e. The van der Waals surface area contributed by atoms with Gasteiger partial charge in [0.15, 0.2) is 0 Å². The van der Waals surface area contributed by atoms with Crippen molar-refractivity contribution in [3.8, 4) is 0 Å². The Kier molecular flexibility index (Phi) is 5.24. The van der Waals surface area contributed by atoms with Gasteiger partial charge in [0, 0.05) is 19.1 Å². The van der Waals surface area contributed by atoms with Gasteiger partial charge < -0.3 is 5.73 Å². The van der Waals surface area contributed by atoms with Crippen molar-refractivity contribution >= 4 is 22.4 Å². The Balaban J connectivity index is 0.00000200. The summed E-state index contributed by atoms with van der Waals surface area (Å²) in [6.45, 7) is 7.26. The van der Waals surface area contributed by atoms with Crippen LogP contribution in [0.2, 0.25) is 0 Å². The maximum Gasteiger partial charge on any atom is 0.243 e. The molecule has 1 aromatic rings. The van der Waals surface area contributed by atoms with Crippen LogP contribution in [-0.2, 0) is 15.4 Å². The van der Waals surface area contributed by atoms with Gasteiger partial charge in [-0.15, -0.1) is 12.4 Å². The second kappa shape index (κ2) is 6.02. The maximum atomic E-state index is 12.4. The fourth-order valence-electron chi connectivity index (χ4n) is 2.25. The minimum absolute atomic E-state index is 0. The van der Waals surface area contributed by atoms with Crippen molar-refractivity contribution in [1.82, 2.24) is 4.31 Å². The minimum atomic E-state index is -3.38. The Hall–Kier alpha value is -0.620. The first kappa shape index (κ1) is 17.4. The van der Waals surface area contributed by atoms with E-state index in [0.29, 0.717) is 18.0 Å². The Morgan fingerprint density at radius 2 is 1.75 bits per heavy atom. The average Bonchev–Trinajstić information content (AvgIpc) is 2.76. The van der Waals surface area contributed by atoms with Crippen LogP contribution in [-0.4, -0.2) is 31.9 Å². The van der Waals surface area contributed by atoms with E-state index >= 15 is 0 Å². The van der Waals surface area contributed by atoms with Crippen molar-refractivity contribution in [2.75, 3.05) is 13.1 Å². The molecule has 0 aliphatic carbocycles. The first-order valence-electron chi connectivity index (χ1n) is 6.57. The highest BCUT2D eigenvalue weighted by atomic mass is 35.5. The molecule has 2 rings (SSSR count). The lowest BCUT2D eigenvalue weighted by atomic mass is 9.87. The fraction of sp³-hybridized carbons (Fsp3) is 0.571. The molecule has 1 aromatic carbocycles. The van der Waals surface area contributed by atoms with Gasteiger partial charge in [0.25, 0.3) is 0 Å². The number of rotatable bonds is 2. The molecular weight excluding hydrogens is 296 g/mol. The molecule has 0 bridgehead atoms. The van der Waals surface area contributed by atoms with Crippen molar-refractivity contribution in [1.29, 1.82) is 0 Å². The molecule has 2 N–H and O–H groups in total. The summed E-state index contributed by atoms with van der Waals surface area (Å²) < 4.78 is 26.3. The molecule has 1 atom stereocenters. The number of nitrogens with two attached hydrogens (primary N) is 1. The molecule has 1 heterocycles. The molecule has 0 aromatic heterocycles. The molecule has 1 aliphatic rings. The Morgan fingerprint density at radius 1 is 1.20 bits per heavy atom. The van der Waals surface area contributed by atoms with E-state index in [4.69, 9.17) is 5.73 Å². The highest BCUT2D eigenvalue weighted by Gasteiger charge is 2.30. The molecule has 114 valence electrons. The lowest BCUT2D eigenvalue weighted by Gasteiger charge is -2.20. The minimum Gasteiger partial charge on any atom is -0.326 e. The van der Waals surface area contributed by atoms with Crippen molar-refractivity contribution in [3.63, 3.8) is 0 Å². The molecule has 4 nitrogen and oxygen atoms in total. The first-order chi connectivity index (χ1) is 8.71. The summed E-state index contributed by atoms with van der Waals surface area (Å²) in [6, 6.07) is 7.13. The van der Waals surface area contributed by atoms with Gasteiger partial charge in [0.2, 0.25) is 10.0 Å². The molecule has 1 aliphatic heterocycles. The lowest BCUT2D eigenvalue weighted by molar-refractivity contribution is 0.472. The van der Waals surface area contributed by atoms with Gasteiger partial charge in [-0.25, -0.2) is 8.42 Å². The molecule has 0 unspecified atom stereocenters. The molecule has 1 saturated heterocycles. The molecule has 0 radical (unpaired) electrons. The smallest absolute Gasteiger partial charge is 0.243 e. The molecule has 20 heavy (non-hydrogen) atoms. The molecule has 1 fully saturated rings. The summed E-state index contributed by atoms with van der Waals surface area (Å²) in [6.07, 6.45) is 0.735. The standard InChI is InChI=1S/C14H22N2O2S.ClH/c1-14(2,3)11-4-6-13(7-5-11)19(17,18)16-9-8-12(15)10-16;/h4-7,12H,8-10,15H2,1-3H3;1H/t12-;/m0./s1. The van der Waals surface area contributed by atoms with Gasteiger partial charge in [-0.3, -0.25) is 0 Å². The predicted octanol–water partition coefficient (Wildman–Crippen LogP) is 2.13. The summed E-state index contributed by atoms with van der Waals surface area (Å²) in [5.74, 6) is 0. The van der Waals surface area contributed by atoms with Crippen molar-refractivity contribution in [2.45, 2.75) is 43.5 Å². The van der Waals surface area contributed by atoms with Crippen molar-refractivity contribution in [3.05, 3.63) is 29.8 Å². The van der Waals surface area contributed by atoms with Gasteiger partial charge in [0.05, 0.1) is 4.90 Å². The summed E-state index contributed by atoms with van der Waals surface area (Å²) in [7, 11) is -3.38. The van der Waals surface area contributed by atoms with E-state index in [0.717, 1.165) is 12.0 Å². The van der Waals surface area contributed by atoms with Crippen LogP contribution in [0.4, 0.5) is 0 Å². The zero-order chi connectivity index (χ0) is 14.3. The van der Waals surface area contributed by atoms with Gasteiger partial charge in [-0.2, -0.15) is 4.31 Å². The number of hydrogen-bond donors (Lipinski definition) is 1. The molecule has 0 saturated carbocycles. The third-order valence-corrected chi connectivity index (χ3v) is 5.42. The van der Waals surface area contributed by atoms with Gasteiger partial charge >= 0.3 is 0 Å². The third kappa shape index (κ3) is 3.52. The van der Waals surface area contributed by atoms with E-state index in [-0.39, 0.29) is 23.9 Å². The summed E-state index contributed by atoms with van der Waals surface area (Å²) in [5, 5.41) is 0. The fourth-order valence-corrected chi connectivity index (χ4v) is 3.76. The van der Waals surface area contributed by atoms with Crippen LogP contribution in [0.3, 0.4) is 0 Å². The number of benzene rings is 1. The lowest BCUT2D eigenvalue weighted by Crippen LogP contribution is -2.32. The number of halogens is 1. The van der Waals surface area contributed by atoms with Crippen molar-refractivity contribution < 1.29 is 8.42 Å². The molecular formula is C14H23ClN2O2S. The van der Waals surface area contributed by atoms with Crippen LogP contribution in [0.1, 0.15) is 32.8 Å². The van der Waals surface area contributed by atoms with Crippen molar-refractivity contribution in [2.24, 2.45) is 5.73 Å². The Labute approximate surface area is 127 Å². The highest BCUT2D eigenvalue weighted by molar-refractivity contribution is 7.89. The Bertz CT molecular complexity index is 550. The summed E-state index contributed by atoms with van der Waals surface area (Å²) in [5.41, 5.74) is 6.93. The molecule has 0 amide bonds. The quantitative estimate of drug-likeness (QED) is 0.908. The van der Waals surface area contributed by atoms with Crippen LogP contribution < -0.4 is 5.73 Å². The van der Waals surface area contributed by atoms with Crippen LogP contribution in [0.5, 0.6) is 0 Å². The zero-order valence-electron chi connectivity index (χ0n) is 12.2. The molecule has 6 heteroatoms. The van der Waals surface area contributed by atoms with Gasteiger partial charge in [0.1, 0.15) is 0 Å². The monoisotopic (exact) mass is 318 g/mol. The number of sulfonamides is 1. The number of hydrogen-bond acceptors (Lipinski definition) is 3. The topological polar surface area (TPSA) is 63.4 Å². The van der Waals surface area contributed by atoms with E-state index in [1.807, 2.05) is 12.1 Å². The third-order valence-electron chi connectivity index (χ3n) is 3.55. The summed E-state index contributed by atoms with van der Waals surface area (Å²) in [4.78, 5) is 0.356. The first-order valence-corrected chi connectivity index (χ1v) is 8.01. The van der Waals surface area contributed by atoms with Crippen LogP contribution in [0, 0.1) is 0 Å². The predicted molar refractivity (Wildman–Crippen MR) is 83.7 cm³/mol. The van der Waals surface area contributed by atoms with Crippen LogP contribution in [0.15, 0.2) is 29.2 Å². The average molecular weight is 319 g/mol. The normalized spacial score (nSPS) is 20.7. The van der Waals surface area contributed by atoms with E-state index in [1.165, 1.54) is 4.31 Å². The maximum absolute atomic E-state index is 12.4. The van der Waals surface area contributed by atoms with Crippen LogP contribution >= 0.6 is 12.4 Å². The zero-order valence-corrected chi connectivity index (χ0v) is 13.8. The Morgan fingerprint density at radius 3 is 2.15 bits per heavy atom. The second-order valence-corrected chi connectivity index (χ2v) is 8.12. The number of nitrogens with zero attached hydrogens (tertiary/aromatic N) is 1. The van der Waals surface area contributed by atoms with E-state index in [2.05, 4.69) is 20.8 Å². The van der Waals surface area contributed by atoms with Crippen LogP contribution in [0.25, 0.3) is 0 Å². The highest BCUT2D eigenvalue weighted by Crippen LogP contribution is 2.25. The SMILES string of the molecule is CC(C)(C)c1ccc(S(=O)(=O)N2CC[C@H](N)C2)cc1.Cl. The molecule has 0 spiro atoms. The summed E-state index contributed by atoms with van der Waals surface area (Å²) >= 11 is 0. The van der Waals surface area contributed by atoms with E-state index < -0.39 is 10.0 Å². The van der Waals surface area contributed by atoms with E-state index in [9.17, 15) is 8.42 Å². The van der Waals surface area contributed by atoms with Gasteiger partial charge in [-0.05, 0) is 29.5 Å². The van der Waals surface area contributed by atoms with Gasteiger partial charge in [-0.1, -0.05) is 32.9 Å².